The molecule has 1 aliphatic carbocycles. The number of nitrogens with one attached hydrogen (secondary N) is 1. The van der Waals surface area contributed by atoms with Crippen molar-refractivity contribution in [3.8, 4) is 0 Å². The molecule has 0 unspecified atom stereocenters. The Morgan fingerprint density at radius 3 is 2.75 bits per heavy atom. The molecular formula is C18H27N5O. The monoisotopic (exact) mass is 329 g/mol. The Labute approximate surface area is 142 Å². The second kappa shape index (κ2) is 6.33. The quantitative estimate of drug-likeness (QED) is 0.899. The van der Waals surface area contributed by atoms with Gasteiger partial charge in [-0.25, -0.2) is 4.98 Å². The zero-order valence-electron chi connectivity index (χ0n) is 14.5. The number of hydrogen-bond donors (Lipinski definition) is 2. The lowest BCUT2D eigenvalue weighted by Gasteiger charge is -2.35. The summed E-state index contributed by atoms with van der Waals surface area (Å²) >= 11 is 0. The molecule has 1 aliphatic heterocycles. The van der Waals surface area contributed by atoms with E-state index in [4.69, 9.17) is 4.98 Å². The molecule has 0 amide bonds. The maximum atomic E-state index is 10.5. The Balaban J connectivity index is 1.43. The third-order valence-electron chi connectivity index (χ3n) is 5.79. The molecule has 0 aromatic carbocycles. The van der Waals surface area contributed by atoms with Crippen molar-refractivity contribution in [2.45, 2.75) is 51.8 Å². The molecule has 4 rings (SSSR count). The summed E-state index contributed by atoms with van der Waals surface area (Å²) in [6, 6.07) is 2.06. The van der Waals surface area contributed by atoms with Gasteiger partial charge in [-0.05, 0) is 37.7 Å². The molecule has 0 spiro atoms. The molecule has 3 heterocycles. The molecule has 0 radical (unpaired) electrons. The minimum Gasteiger partial charge on any atom is -0.391 e. The van der Waals surface area contributed by atoms with Crippen molar-refractivity contribution in [1.82, 2.24) is 24.6 Å². The fourth-order valence-electron chi connectivity index (χ4n) is 4.49. The molecule has 6 heteroatoms. The van der Waals surface area contributed by atoms with Gasteiger partial charge in [0.1, 0.15) is 5.82 Å². The first-order valence-corrected chi connectivity index (χ1v) is 9.08. The molecule has 2 aromatic rings. The summed E-state index contributed by atoms with van der Waals surface area (Å²) in [7, 11) is 0. The lowest BCUT2D eigenvalue weighted by molar-refractivity contribution is 0.0306. The smallest absolute Gasteiger partial charge is 0.106 e. The van der Waals surface area contributed by atoms with Crippen molar-refractivity contribution >= 4 is 0 Å². The van der Waals surface area contributed by atoms with Crippen molar-refractivity contribution in [2.24, 2.45) is 11.8 Å². The fraction of sp³-hybridized carbons (Fsp3) is 0.667. The van der Waals surface area contributed by atoms with E-state index in [-0.39, 0.29) is 12.1 Å². The van der Waals surface area contributed by atoms with Gasteiger partial charge in [0.2, 0.25) is 0 Å². The Morgan fingerprint density at radius 2 is 2.08 bits per heavy atom. The van der Waals surface area contributed by atoms with Crippen molar-refractivity contribution in [2.75, 3.05) is 13.1 Å². The number of aliphatic hydroxyl groups excluding tert-OH is 1. The van der Waals surface area contributed by atoms with E-state index < -0.39 is 0 Å². The van der Waals surface area contributed by atoms with Crippen LogP contribution < -0.4 is 0 Å². The predicted octanol–water partition coefficient (Wildman–Crippen LogP) is 1.92. The zero-order valence-corrected chi connectivity index (χ0v) is 14.5. The third kappa shape index (κ3) is 2.89. The highest BCUT2D eigenvalue weighted by Crippen LogP contribution is 2.41. The van der Waals surface area contributed by atoms with E-state index in [0.29, 0.717) is 11.8 Å². The standard InChI is InChI=1S/C18H27N5O/c1-3-18-20-12(2)15(21-18)11-22-9-13-7-16(23-6-4-5-19-23)17(24)8-14(13)10-22/h4-6,13-14,16-17,24H,3,7-11H2,1-2H3,(H,20,21)/t13-,14+,16-,17-/m1/s1. The average molecular weight is 329 g/mol. The number of fused-ring (bicyclic) bond motifs is 1. The highest BCUT2D eigenvalue weighted by Gasteiger charge is 2.42. The summed E-state index contributed by atoms with van der Waals surface area (Å²) in [5.74, 6) is 2.32. The molecule has 6 nitrogen and oxygen atoms in total. The largest absolute Gasteiger partial charge is 0.391 e. The number of aryl methyl sites for hydroxylation is 2. The number of H-pyrrole nitrogens is 1. The zero-order chi connectivity index (χ0) is 16.7. The minimum atomic E-state index is -0.287. The van der Waals surface area contributed by atoms with Crippen LogP contribution in [0.1, 0.15) is 43.0 Å². The van der Waals surface area contributed by atoms with Crippen molar-refractivity contribution < 1.29 is 5.11 Å². The summed E-state index contributed by atoms with van der Waals surface area (Å²) < 4.78 is 1.94. The van der Waals surface area contributed by atoms with E-state index in [1.165, 1.54) is 11.4 Å². The molecule has 1 saturated heterocycles. The Morgan fingerprint density at radius 1 is 1.29 bits per heavy atom. The van der Waals surface area contributed by atoms with Gasteiger partial charge in [-0.3, -0.25) is 9.58 Å². The van der Waals surface area contributed by atoms with E-state index in [9.17, 15) is 5.11 Å². The first kappa shape index (κ1) is 15.8. The van der Waals surface area contributed by atoms with Crippen LogP contribution in [0.3, 0.4) is 0 Å². The van der Waals surface area contributed by atoms with Crippen LogP contribution in [-0.2, 0) is 13.0 Å². The van der Waals surface area contributed by atoms with Crippen molar-refractivity contribution in [3.63, 3.8) is 0 Å². The van der Waals surface area contributed by atoms with Gasteiger partial charge >= 0.3 is 0 Å². The van der Waals surface area contributed by atoms with E-state index in [0.717, 1.165) is 44.7 Å². The lowest BCUT2D eigenvalue weighted by Crippen LogP contribution is -2.36. The molecule has 2 fully saturated rings. The van der Waals surface area contributed by atoms with Crippen molar-refractivity contribution in [1.29, 1.82) is 0 Å². The fourth-order valence-corrected chi connectivity index (χ4v) is 4.49. The summed E-state index contributed by atoms with van der Waals surface area (Å²) in [5.41, 5.74) is 2.37. The molecule has 2 N–H and O–H groups in total. The number of aliphatic hydroxyl groups is 1. The molecule has 2 aromatic heterocycles. The first-order valence-electron chi connectivity index (χ1n) is 9.08. The normalized spacial score (nSPS) is 30.6. The predicted molar refractivity (Wildman–Crippen MR) is 91.5 cm³/mol. The number of hydrogen-bond acceptors (Lipinski definition) is 4. The number of likely N-dealkylation sites (tertiary alicyclic amines) is 1. The van der Waals surface area contributed by atoms with Crippen LogP contribution in [0.2, 0.25) is 0 Å². The van der Waals surface area contributed by atoms with Gasteiger partial charge in [-0.1, -0.05) is 6.92 Å². The van der Waals surface area contributed by atoms with E-state index in [2.05, 4.69) is 28.8 Å². The van der Waals surface area contributed by atoms with Gasteiger partial charge in [0.25, 0.3) is 0 Å². The van der Waals surface area contributed by atoms with E-state index >= 15 is 0 Å². The number of nitrogens with zero attached hydrogens (tertiary/aromatic N) is 4. The highest BCUT2D eigenvalue weighted by atomic mass is 16.3. The Hall–Kier alpha value is -1.66. The van der Waals surface area contributed by atoms with Crippen LogP contribution in [0.15, 0.2) is 18.5 Å². The second-order valence-corrected chi connectivity index (χ2v) is 7.42. The molecular weight excluding hydrogens is 302 g/mol. The summed E-state index contributed by atoms with van der Waals surface area (Å²) in [4.78, 5) is 10.6. The highest BCUT2D eigenvalue weighted by molar-refractivity contribution is 5.13. The van der Waals surface area contributed by atoms with Crippen LogP contribution in [-0.4, -0.2) is 48.9 Å². The molecule has 24 heavy (non-hydrogen) atoms. The van der Waals surface area contributed by atoms with Gasteiger partial charge < -0.3 is 10.1 Å². The van der Waals surface area contributed by atoms with Crippen molar-refractivity contribution in [3.05, 3.63) is 35.7 Å². The van der Waals surface area contributed by atoms with Gasteiger partial charge in [-0.2, -0.15) is 5.10 Å². The summed E-state index contributed by atoms with van der Waals surface area (Å²) in [6.45, 7) is 7.33. The number of aromatic amines is 1. The third-order valence-corrected chi connectivity index (χ3v) is 5.79. The van der Waals surface area contributed by atoms with E-state index in [1.807, 2.05) is 16.9 Å². The lowest BCUT2D eigenvalue weighted by atomic mass is 9.77. The van der Waals surface area contributed by atoms with Crippen LogP contribution in [0.5, 0.6) is 0 Å². The van der Waals surface area contributed by atoms with Crippen LogP contribution >= 0.6 is 0 Å². The molecule has 2 aliphatic rings. The Kier molecular flexibility index (Phi) is 4.18. The molecule has 4 atom stereocenters. The minimum absolute atomic E-state index is 0.125. The van der Waals surface area contributed by atoms with Gasteiger partial charge in [-0.15, -0.1) is 0 Å². The summed E-state index contributed by atoms with van der Waals surface area (Å²) in [5, 5.41) is 14.9. The van der Waals surface area contributed by atoms with E-state index in [1.54, 1.807) is 6.20 Å². The maximum Gasteiger partial charge on any atom is 0.106 e. The number of rotatable bonds is 4. The van der Waals surface area contributed by atoms with Crippen LogP contribution in [0.25, 0.3) is 0 Å². The molecule has 130 valence electrons. The first-order chi connectivity index (χ1) is 11.6. The van der Waals surface area contributed by atoms with Crippen LogP contribution in [0, 0.1) is 18.8 Å². The van der Waals surface area contributed by atoms with Gasteiger partial charge in [0.05, 0.1) is 17.8 Å². The molecule has 0 bridgehead atoms. The maximum absolute atomic E-state index is 10.5. The average Bonchev–Trinajstić information content (AvgIpc) is 3.27. The second-order valence-electron chi connectivity index (χ2n) is 7.42. The number of aromatic nitrogens is 4. The van der Waals surface area contributed by atoms with Gasteiger partial charge in [0, 0.05) is 44.1 Å². The molecule has 1 saturated carbocycles. The number of imidazole rings is 1. The Bertz CT molecular complexity index is 680. The summed E-state index contributed by atoms with van der Waals surface area (Å²) in [6.07, 6.45) is 6.33. The van der Waals surface area contributed by atoms with Crippen LogP contribution in [0.4, 0.5) is 0 Å². The van der Waals surface area contributed by atoms with Gasteiger partial charge in [0.15, 0.2) is 0 Å². The topological polar surface area (TPSA) is 70.0 Å². The SMILES string of the molecule is CCc1nc(CN2C[C@H]3C[C@@H](n4cccn4)[C@H](O)C[C@H]3C2)c(C)[nH]1.